The molecule has 0 bridgehead atoms. The van der Waals surface area contributed by atoms with Crippen LogP contribution >= 0.6 is 0 Å². The van der Waals surface area contributed by atoms with Crippen molar-refractivity contribution >= 4 is 11.7 Å². The summed E-state index contributed by atoms with van der Waals surface area (Å²) < 4.78 is 19.8. The van der Waals surface area contributed by atoms with E-state index in [0.717, 1.165) is 31.2 Å². The van der Waals surface area contributed by atoms with E-state index in [-0.39, 0.29) is 17.9 Å². The molecular formula is C30H27FN8O2. The Bertz CT molecular complexity index is 1820. The number of nitrogens with zero attached hydrogens (tertiary/aromatic N) is 7. The molecular weight excluding hydrogens is 523 g/mol. The number of amides is 1. The van der Waals surface area contributed by atoms with E-state index in [2.05, 4.69) is 25.6 Å². The summed E-state index contributed by atoms with van der Waals surface area (Å²) in [6, 6.07) is 13.8. The predicted octanol–water partition coefficient (Wildman–Crippen LogP) is 4.86. The van der Waals surface area contributed by atoms with Crippen molar-refractivity contribution in [2.45, 2.75) is 50.7 Å². The number of carbonyl (C=O) groups excluding carboxylic acids is 1. The summed E-state index contributed by atoms with van der Waals surface area (Å²) in [4.78, 5) is 31.7. The van der Waals surface area contributed by atoms with Gasteiger partial charge in [-0.05, 0) is 56.4 Å². The first-order valence-electron chi connectivity index (χ1n) is 13.7. The molecule has 2 aliphatic carbocycles. The fourth-order valence-electron chi connectivity index (χ4n) is 5.08. The Balaban J connectivity index is 1.23. The maximum Gasteiger partial charge on any atom is 0.263 e. The lowest BCUT2D eigenvalue weighted by molar-refractivity contribution is 0.102. The van der Waals surface area contributed by atoms with Crippen LogP contribution in [0.15, 0.2) is 78.2 Å². The van der Waals surface area contributed by atoms with Gasteiger partial charge in [-0.3, -0.25) is 14.3 Å². The Hall–Kier alpha value is -4.93. The zero-order chi connectivity index (χ0) is 27.9. The number of anilines is 1. The van der Waals surface area contributed by atoms with Gasteiger partial charge in [0.2, 0.25) is 0 Å². The van der Waals surface area contributed by atoms with Crippen molar-refractivity contribution in [3.8, 4) is 22.6 Å². The molecule has 1 N–H and O–H groups in total. The third-order valence-corrected chi connectivity index (χ3v) is 7.75. The second-order valence-electron chi connectivity index (χ2n) is 10.6. The number of halogens is 1. The quantitative estimate of drug-likeness (QED) is 0.295. The zero-order valence-electron chi connectivity index (χ0n) is 22.2. The minimum atomic E-state index is -0.612. The Morgan fingerprint density at radius 1 is 1.00 bits per heavy atom. The van der Waals surface area contributed by atoms with Crippen LogP contribution in [0.1, 0.15) is 60.1 Å². The van der Waals surface area contributed by atoms with E-state index in [0.29, 0.717) is 34.7 Å². The number of benzene rings is 1. The molecule has 206 valence electrons. The summed E-state index contributed by atoms with van der Waals surface area (Å²) in [6.07, 6.45) is 12.5. The second-order valence-corrected chi connectivity index (χ2v) is 10.6. The SMILES string of the molecule is O=C(Nc1cccc(-c2nncn2C2CC2)n1)c1cc(-c2cnn(C3CCC3)c2)cn(Cc2ccccc2F)c1=O. The Morgan fingerprint density at radius 3 is 2.63 bits per heavy atom. The number of nitrogens with one attached hydrogen (secondary N) is 1. The highest BCUT2D eigenvalue weighted by Gasteiger charge is 2.27. The van der Waals surface area contributed by atoms with Gasteiger partial charge in [0.1, 0.15) is 29.2 Å². The fraction of sp³-hybridized carbons (Fsp3) is 0.267. The summed E-state index contributed by atoms with van der Waals surface area (Å²) in [5, 5.41) is 15.5. The minimum Gasteiger partial charge on any atom is -0.310 e. The standard InChI is InChI=1S/C30H27FN8O2/c31-25-8-2-1-5-19(25)15-37-16-20(21-14-33-39(17-21)23-6-3-7-23)13-24(30(37)41)29(40)35-27-10-4-9-26(34-27)28-36-32-18-38(28)22-11-12-22/h1-2,4-5,8-10,13-14,16-18,22-23H,3,6-7,11-12,15H2,(H,34,35,40). The number of pyridine rings is 2. The van der Waals surface area contributed by atoms with Crippen LogP contribution in [-0.2, 0) is 6.54 Å². The van der Waals surface area contributed by atoms with Crippen LogP contribution in [0.5, 0.6) is 0 Å². The highest BCUT2D eigenvalue weighted by molar-refractivity contribution is 6.04. The first kappa shape index (κ1) is 25.1. The van der Waals surface area contributed by atoms with Crippen LogP contribution in [0.4, 0.5) is 10.2 Å². The van der Waals surface area contributed by atoms with Gasteiger partial charge in [-0.15, -0.1) is 10.2 Å². The van der Waals surface area contributed by atoms with Crippen molar-refractivity contribution < 1.29 is 9.18 Å². The van der Waals surface area contributed by atoms with Gasteiger partial charge in [0.15, 0.2) is 5.82 Å². The van der Waals surface area contributed by atoms with E-state index in [9.17, 15) is 14.0 Å². The molecule has 0 spiro atoms. The molecule has 7 rings (SSSR count). The van der Waals surface area contributed by atoms with Gasteiger partial charge >= 0.3 is 0 Å². The van der Waals surface area contributed by atoms with Gasteiger partial charge in [-0.1, -0.05) is 24.3 Å². The van der Waals surface area contributed by atoms with Gasteiger partial charge in [-0.25, -0.2) is 9.37 Å². The smallest absolute Gasteiger partial charge is 0.263 e. The molecule has 41 heavy (non-hydrogen) atoms. The van der Waals surface area contributed by atoms with Gasteiger partial charge in [0.25, 0.3) is 11.5 Å². The molecule has 2 fully saturated rings. The van der Waals surface area contributed by atoms with Crippen LogP contribution in [-0.4, -0.2) is 40.0 Å². The number of carbonyl (C=O) groups is 1. The molecule has 5 aromatic rings. The van der Waals surface area contributed by atoms with Crippen LogP contribution in [0.25, 0.3) is 22.6 Å². The van der Waals surface area contributed by atoms with Gasteiger partial charge < -0.3 is 14.5 Å². The van der Waals surface area contributed by atoms with Crippen molar-refractivity contribution in [1.29, 1.82) is 0 Å². The molecule has 11 heteroatoms. The summed E-state index contributed by atoms with van der Waals surface area (Å²) in [5.41, 5.74) is 1.71. The number of rotatable bonds is 8. The highest BCUT2D eigenvalue weighted by atomic mass is 19.1. The zero-order valence-corrected chi connectivity index (χ0v) is 22.2. The molecule has 2 saturated carbocycles. The molecule has 1 amide bonds. The average Bonchev–Trinajstić information content (AvgIpc) is 3.46. The van der Waals surface area contributed by atoms with E-state index in [1.54, 1.807) is 61.2 Å². The van der Waals surface area contributed by atoms with Crippen molar-refractivity contribution in [2.75, 3.05) is 5.32 Å². The van der Waals surface area contributed by atoms with E-state index < -0.39 is 17.3 Å². The number of hydrogen-bond donors (Lipinski definition) is 1. The monoisotopic (exact) mass is 550 g/mol. The molecule has 0 aliphatic heterocycles. The Morgan fingerprint density at radius 2 is 1.85 bits per heavy atom. The Kier molecular flexibility index (Phi) is 6.26. The van der Waals surface area contributed by atoms with Crippen LogP contribution in [0.3, 0.4) is 0 Å². The van der Waals surface area contributed by atoms with Crippen LogP contribution < -0.4 is 10.9 Å². The third kappa shape index (κ3) is 4.94. The lowest BCUT2D eigenvalue weighted by Crippen LogP contribution is -2.30. The van der Waals surface area contributed by atoms with Crippen molar-refractivity contribution in [3.05, 3.63) is 101 Å². The predicted molar refractivity (Wildman–Crippen MR) is 150 cm³/mol. The lowest BCUT2D eigenvalue weighted by Gasteiger charge is -2.25. The van der Waals surface area contributed by atoms with Crippen molar-refractivity contribution in [3.63, 3.8) is 0 Å². The van der Waals surface area contributed by atoms with E-state index in [1.165, 1.54) is 17.1 Å². The average molecular weight is 551 g/mol. The van der Waals surface area contributed by atoms with E-state index >= 15 is 0 Å². The van der Waals surface area contributed by atoms with Crippen molar-refractivity contribution in [2.24, 2.45) is 0 Å². The summed E-state index contributed by atoms with van der Waals surface area (Å²) >= 11 is 0. The van der Waals surface area contributed by atoms with Gasteiger partial charge in [-0.2, -0.15) is 5.10 Å². The molecule has 10 nitrogen and oxygen atoms in total. The normalized spacial score (nSPS) is 15.0. The minimum absolute atomic E-state index is 0.0268. The largest absolute Gasteiger partial charge is 0.310 e. The summed E-state index contributed by atoms with van der Waals surface area (Å²) in [5.74, 6) is -0.130. The molecule has 0 atom stereocenters. The lowest BCUT2D eigenvalue weighted by atomic mass is 9.93. The summed E-state index contributed by atoms with van der Waals surface area (Å²) in [6.45, 7) is -0.0268. The van der Waals surface area contributed by atoms with Crippen molar-refractivity contribution in [1.82, 2.24) is 34.1 Å². The van der Waals surface area contributed by atoms with Crippen LogP contribution in [0, 0.1) is 5.82 Å². The topological polar surface area (TPSA) is 113 Å². The Labute approximate surface area is 234 Å². The molecule has 1 aromatic carbocycles. The first-order chi connectivity index (χ1) is 20.0. The van der Waals surface area contributed by atoms with E-state index in [4.69, 9.17) is 0 Å². The molecule has 4 aromatic heterocycles. The molecule has 0 saturated heterocycles. The first-order valence-corrected chi connectivity index (χ1v) is 13.7. The molecule has 4 heterocycles. The van der Waals surface area contributed by atoms with E-state index in [1.807, 2.05) is 15.4 Å². The number of aromatic nitrogens is 7. The number of hydrogen-bond acceptors (Lipinski definition) is 6. The summed E-state index contributed by atoms with van der Waals surface area (Å²) in [7, 11) is 0. The van der Waals surface area contributed by atoms with Gasteiger partial charge in [0, 0.05) is 35.1 Å². The second kappa shape index (κ2) is 10.2. The molecule has 0 radical (unpaired) electrons. The fourth-order valence-corrected chi connectivity index (χ4v) is 5.08. The highest BCUT2D eigenvalue weighted by Crippen LogP contribution is 2.37. The maximum absolute atomic E-state index is 14.5. The maximum atomic E-state index is 14.5. The van der Waals surface area contributed by atoms with Crippen LogP contribution in [0.2, 0.25) is 0 Å². The molecule has 0 unspecified atom stereocenters. The third-order valence-electron chi connectivity index (χ3n) is 7.75. The molecule has 2 aliphatic rings. The van der Waals surface area contributed by atoms with Gasteiger partial charge in [0.05, 0.1) is 18.8 Å².